The summed E-state index contributed by atoms with van der Waals surface area (Å²) >= 11 is 3.91. The molecule has 0 fully saturated rings. The number of hydrogen-bond acceptors (Lipinski definition) is 7. The van der Waals surface area contributed by atoms with E-state index in [0.29, 0.717) is 17.9 Å². The van der Waals surface area contributed by atoms with Crippen molar-refractivity contribution >= 4 is 30.4 Å². The standard InChI is InChI=1S/C23H29NO6S/c1-23(2,11-13-29-20(26)16-31)21(17-7-6-10-19(15-17)28-14-12-25)30-22(27)24-18-8-4-3-5-9-18/h3-10,15,21,25,31H,11-14,16H2,1-2H3,(H,24,27)/t21-/m0/s1. The Labute approximate surface area is 188 Å². The van der Waals surface area contributed by atoms with Crippen molar-refractivity contribution in [2.24, 2.45) is 5.41 Å². The minimum absolute atomic E-state index is 0.00405. The highest BCUT2D eigenvalue weighted by Gasteiger charge is 2.35. The van der Waals surface area contributed by atoms with Crippen LogP contribution >= 0.6 is 12.6 Å². The van der Waals surface area contributed by atoms with Crippen LogP contribution in [0.2, 0.25) is 0 Å². The number of aliphatic hydroxyl groups excluding tert-OH is 1. The lowest BCUT2D eigenvalue weighted by Gasteiger charge is -2.34. The molecule has 1 atom stereocenters. The summed E-state index contributed by atoms with van der Waals surface area (Å²) in [6.07, 6.45) is -0.792. The smallest absolute Gasteiger partial charge is 0.412 e. The highest BCUT2D eigenvalue weighted by molar-refractivity contribution is 7.81. The van der Waals surface area contributed by atoms with Crippen LogP contribution in [-0.2, 0) is 14.3 Å². The van der Waals surface area contributed by atoms with E-state index < -0.39 is 23.6 Å². The van der Waals surface area contributed by atoms with Crippen LogP contribution in [0.3, 0.4) is 0 Å². The normalized spacial score (nSPS) is 12.0. The average Bonchev–Trinajstić information content (AvgIpc) is 2.76. The Morgan fingerprint density at radius 2 is 1.84 bits per heavy atom. The van der Waals surface area contributed by atoms with Gasteiger partial charge in [0, 0.05) is 11.1 Å². The van der Waals surface area contributed by atoms with E-state index in [2.05, 4.69) is 17.9 Å². The molecule has 0 aliphatic rings. The number of ether oxygens (including phenoxy) is 3. The number of hydrogen-bond donors (Lipinski definition) is 3. The van der Waals surface area contributed by atoms with Crippen LogP contribution in [0.4, 0.5) is 10.5 Å². The summed E-state index contributed by atoms with van der Waals surface area (Å²) in [6.45, 7) is 4.10. The summed E-state index contributed by atoms with van der Waals surface area (Å²) in [7, 11) is 0. The van der Waals surface area contributed by atoms with Gasteiger partial charge in [0.25, 0.3) is 0 Å². The average molecular weight is 448 g/mol. The van der Waals surface area contributed by atoms with Crippen LogP contribution in [0.15, 0.2) is 54.6 Å². The number of esters is 1. The van der Waals surface area contributed by atoms with E-state index in [4.69, 9.17) is 19.3 Å². The van der Waals surface area contributed by atoms with Crippen molar-refractivity contribution in [3.8, 4) is 5.75 Å². The predicted molar refractivity (Wildman–Crippen MR) is 122 cm³/mol. The van der Waals surface area contributed by atoms with Crippen molar-refractivity contribution in [3.05, 3.63) is 60.2 Å². The quantitative estimate of drug-likeness (QED) is 0.352. The van der Waals surface area contributed by atoms with Gasteiger partial charge in [-0.15, -0.1) is 0 Å². The number of para-hydroxylation sites is 1. The molecule has 0 aromatic heterocycles. The first kappa shape index (κ1) is 24.6. The molecule has 0 heterocycles. The van der Waals surface area contributed by atoms with Gasteiger partial charge in [-0.1, -0.05) is 44.2 Å². The fraction of sp³-hybridized carbons (Fsp3) is 0.391. The zero-order valence-corrected chi connectivity index (χ0v) is 18.6. The summed E-state index contributed by atoms with van der Waals surface area (Å²) in [5, 5.41) is 11.7. The lowest BCUT2D eigenvalue weighted by atomic mass is 9.80. The third kappa shape index (κ3) is 8.15. The number of amides is 1. The molecular weight excluding hydrogens is 418 g/mol. The summed E-state index contributed by atoms with van der Waals surface area (Å²) in [5.41, 5.74) is 0.775. The maximum atomic E-state index is 12.6. The summed E-state index contributed by atoms with van der Waals surface area (Å²) in [6, 6.07) is 16.2. The zero-order valence-electron chi connectivity index (χ0n) is 17.7. The Morgan fingerprint density at radius 1 is 1.10 bits per heavy atom. The Bertz CT molecular complexity index is 843. The first-order valence-electron chi connectivity index (χ1n) is 9.98. The van der Waals surface area contributed by atoms with Gasteiger partial charge < -0.3 is 19.3 Å². The number of thiol groups is 1. The Morgan fingerprint density at radius 3 is 2.52 bits per heavy atom. The number of benzene rings is 2. The van der Waals surface area contributed by atoms with E-state index in [0.717, 1.165) is 5.56 Å². The number of carbonyl (C=O) groups is 2. The second-order valence-corrected chi connectivity index (χ2v) is 7.85. The first-order chi connectivity index (χ1) is 14.9. The minimum Gasteiger partial charge on any atom is -0.491 e. The van der Waals surface area contributed by atoms with Gasteiger partial charge in [-0.2, -0.15) is 12.6 Å². The molecule has 0 saturated carbocycles. The van der Waals surface area contributed by atoms with E-state index in [1.807, 2.05) is 38.1 Å². The van der Waals surface area contributed by atoms with Crippen LogP contribution in [0.1, 0.15) is 31.9 Å². The van der Waals surface area contributed by atoms with Gasteiger partial charge in [0.2, 0.25) is 0 Å². The highest BCUT2D eigenvalue weighted by Crippen LogP contribution is 2.40. The molecule has 2 aromatic carbocycles. The third-order valence-corrected chi connectivity index (χ3v) is 4.87. The fourth-order valence-electron chi connectivity index (χ4n) is 2.99. The largest absolute Gasteiger partial charge is 0.491 e. The van der Waals surface area contributed by atoms with E-state index in [1.54, 1.807) is 30.3 Å². The molecular formula is C23H29NO6S. The molecule has 8 heteroatoms. The molecule has 7 nitrogen and oxygen atoms in total. The molecule has 0 aliphatic carbocycles. The van der Waals surface area contributed by atoms with Crippen molar-refractivity contribution in [3.63, 3.8) is 0 Å². The highest BCUT2D eigenvalue weighted by atomic mass is 32.1. The Hall–Kier alpha value is -2.71. The maximum absolute atomic E-state index is 12.6. The summed E-state index contributed by atoms with van der Waals surface area (Å²) in [4.78, 5) is 24.1. The van der Waals surface area contributed by atoms with Gasteiger partial charge in [-0.3, -0.25) is 10.1 Å². The topological polar surface area (TPSA) is 94.1 Å². The molecule has 2 rings (SSSR count). The number of carbonyl (C=O) groups excluding carboxylic acids is 2. The van der Waals surface area contributed by atoms with Crippen LogP contribution in [0.25, 0.3) is 0 Å². The number of anilines is 1. The number of nitrogens with one attached hydrogen (secondary N) is 1. The fourth-order valence-corrected chi connectivity index (χ4v) is 3.08. The number of aliphatic hydroxyl groups is 1. The van der Waals surface area contributed by atoms with E-state index >= 15 is 0 Å². The van der Waals surface area contributed by atoms with Crippen molar-refractivity contribution in [1.82, 2.24) is 0 Å². The second-order valence-electron chi connectivity index (χ2n) is 7.54. The van der Waals surface area contributed by atoms with Gasteiger partial charge in [-0.05, 0) is 36.2 Å². The zero-order chi connectivity index (χ0) is 22.7. The molecule has 2 aromatic rings. The van der Waals surface area contributed by atoms with Gasteiger partial charge in [0.15, 0.2) is 0 Å². The SMILES string of the molecule is CC(C)(CCOC(=O)CS)[C@@H](OC(=O)Nc1ccccc1)c1cccc(OCCO)c1. The van der Waals surface area contributed by atoms with Gasteiger partial charge in [0.05, 0.1) is 19.0 Å². The van der Waals surface area contributed by atoms with Gasteiger partial charge in [-0.25, -0.2) is 4.79 Å². The van der Waals surface area contributed by atoms with E-state index in [-0.39, 0.29) is 25.6 Å². The lowest BCUT2D eigenvalue weighted by Crippen LogP contribution is -2.30. The van der Waals surface area contributed by atoms with Crippen molar-refractivity contribution < 1.29 is 28.9 Å². The maximum Gasteiger partial charge on any atom is 0.412 e. The molecule has 0 radical (unpaired) electrons. The van der Waals surface area contributed by atoms with Crippen LogP contribution in [-0.4, -0.2) is 42.7 Å². The molecule has 31 heavy (non-hydrogen) atoms. The van der Waals surface area contributed by atoms with Gasteiger partial charge in [0.1, 0.15) is 18.5 Å². The molecule has 0 aliphatic heterocycles. The molecule has 0 bridgehead atoms. The molecule has 0 saturated heterocycles. The predicted octanol–water partition coefficient (Wildman–Crippen LogP) is 4.24. The second kappa shape index (κ2) is 12.2. The van der Waals surface area contributed by atoms with Crippen LogP contribution in [0, 0.1) is 5.41 Å². The molecule has 2 N–H and O–H groups in total. The summed E-state index contributed by atoms with van der Waals surface area (Å²) < 4.78 is 16.5. The monoisotopic (exact) mass is 447 g/mol. The van der Waals surface area contributed by atoms with Crippen molar-refractivity contribution in [1.29, 1.82) is 0 Å². The van der Waals surface area contributed by atoms with E-state index in [1.165, 1.54) is 0 Å². The number of rotatable bonds is 11. The van der Waals surface area contributed by atoms with Crippen molar-refractivity contribution in [2.45, 2.75) is 26.4 Å². The van der Waals surface area contributed by atoms with Crippen LogP contribution < -0.4 is 10.1 Å². The third-order valence-electron chi connectivity index (χ3n) is 4.61. The van der Waals surface area contributed by atoms with E-state index in [9.17, 15) is 9.59 Å². The Kier molecular flexibility index (Phi) is 9.68. The van der Waals surface area contributed by atoms with Crippen LogP contribution in [0.5, 0.6) is 5.75 Å². The summed E-state index contributed by atoms with van der Waals surface area (Å²) in [5.74, 6) is 0.156. The van der Waals surface area contributed by atoms with Gasteiger partial charge >= 0.3 is 12.1 Å². The molecule has 0 unspecified atom stereocenters. The Balaban J connectivity index is 2.21. The minimum atomic E-state index is -0.649. The first-order valence-corrected chi connectivity index (χ1v) is 10.6. The van der Waals surface area contributed by atoms with Crippen molar-refractivity contribution in [2.75, 3.05) is 30.9 Å². The molecule has 168 valence electrons. The molecule has 1 amide bonds. The molecule has 0 spiro atoms. The lowest BCUT2D eigenvalue weighted by molar-refractivity contribution is -0.141.